The fourth-order valence-electron chi connectivity index (χ4n) is 2.49. The minimum absolute atomic E-state index is 0.547. The van der Waals surface area contributed by atoms with Gasteiger partial charge in [0.1, 0.15) is 11.5 Å². The molecule has 0 heterocycles. The molecule has 0 spiro atoms. The minimum atomic E-state index is 0.547. The Labute approximate surface area is 137 Å². The van der Waals surface area contributed by atoms with Crippen molar-refractivity contribution >= 4 is 6.41 Å². The topological polar surface area (TPSA) is 38.8 Å². The average molecular weight is 313 g/mol. The highest BCUT2D eigenvalue weighted by Crippen LogP contribution is 2.23. The maximum atomic E-state index is 11.3. The lowest BCUT2D eigenvalue weighted by molar-refractivity contribution is -0.118. The van der Waals surface area contributed by atoms with Gasteiger partial charge in [0.05, 0.1) is 14.2 Å². The van der Waals surface area contributed by atoms with Crippen molar-refractivity contribution in [3.05, 3.63) is 59.7 Å². The van der Waals surface area contributed by atoms with E-state index in [-0.39, 0.29) is 0 Å². The number of hydrogen-bond donors (Lipinski definition) is 0. The van der Waals surface area contributed by atoms with Crippen LogP contribution >= 0.6 is 0 Å². The van der Waals surface area contributed by atoms with Crippen LogP contribution in [0.15, 0.2) is 48.5 Å². The van der Waals surface area contributed by atoms with E-state index in [2.05, 4.69) is 12.1 Å². The molecule has 4 heteroatoms. The number of rotatable bonds is 9. The fraction of sp³-hybridized carbons (Fsp3) is 0.316. The molecule has 0 radical (unpaired) electrons. The van der Waals surface area contributed by atoms with E-state index in [4.69, 9.17) is 9.47 Å². The molecule has 0 unspecified atom stereocenters. The van der Waals surface area contributed by atoms with Gasteiger partial charge in [-0.2, -0.15) is 0 Å². The molecule has 2 rings (SSSR count). The molecule has 2 aromatic carbocycles. The summed E-state index contributed by atoms with van der Waals surface area (Å²) in [6.07, 6.45) is 2.80. The smallest absolute Gasteiger partial charge is 0.210 e. The zero-order valence-electron chi connectivity index (χ0n) is 13.7. The van der Waals surface area contributed by atoms with E-state index in [1.807, 2.05) is 36.4 Å². The van der Waals surface area contributed by atoms with Gasteiger partial charge >= 0.3 is 0 Å². The summed E-state index contributed by atoms with van der Waals surface area (Å²) in [6, 6.07) is 16.0. The van der Waals surface area contributed by atoms with Crippen LogP contribution in [-0.4, -0.2) is 32.1 Å². The summed E-state index contributed by atoms with van der Waals surface area (Å²) < 4.78 is 10.5. The number of benzene rings is 2. The molecule has 0 N–H and O–H groups in total. The normalized spacial score (nSPS) is 10.2. The van der Waals surface area contributed by atoms with E-state index < -0.39 is 0 Å². The van der Waals surface area contributed by atoms with Crippen LogP contribution in [0, 0.1) is 0 Å². The molecule has 0 aliphatic rings. The molecule has 23 heavy (non-hydrogen) atoms. The SMILES string of the molecule is COc1cc(CN(C=O)CCCc2ccccc2)cc(OC)c1. The summed E-state index contributed by atoms with van der Waals surface area (Å²) in [5, 5.41) is 0. The van der Waals surface area contributed by atoms with E-state index in [1.54, 1.807) is 19.1 Å². The van der Waals surface area contributed by atoms with Gasteiger partial charge in [0, 0.05) is 19.2 Å². The summed E-state index contributed by atoms with van der Waals surface area (Å²) in [5.74, 6) is 1.46. The van der Waals surface area contributed by atoms with Crippen molar-refractivity contribution in [3.63, 3.8) is 0 Å². The summed E-state index contributed by atoms with van der Waals surface area (Å²) >= 11 is 0. The van der Waals surface area contributed by atoms with Crippen LogP contribution < -0.4 is 9.47 Å². The molecule has 0 saturated heterocycles. The van der Waals surface area contributed by atoms with Crippen LogP contribution in [0.1, 0.15) is 17.5 Å². The lowest BCUT2D eigenvalue weighted by atomic mass is 10.1. The molecule has 0 saturated carbocycles. The molecule has 0 fully saturated rings. The minimum Gasteiger partial charge on any atom is -0.497 e. The van der Waals surface area contributed by atoms with Gasteiger partial charge in [-0.15, -0.1) is 0 Å². The Kier molecular flexibility index (Phi) is 6.48. The standard InChI is InChI=1S/C19H23NO3/c1-22-18-11-17(12-19(13-18)23-2)14-20(15-21)10-6-9-16-7-4-3-5-8-16/h3-5,7-8,11-13,15H,6,9-10,14H2,1-2H3. The second-order valence-electron chi connectivity index (χ2n) is 5.39. The number of carbonyl (C=O) groups excluding carboxylic acids is 1. The van der Waals surface area contributed by atoms with Crippen molar-refractivity contribution in [2.75, 3.05) is 20.8 Å². The maximum absolute atomic E-state index is 11.3. The second kappa shape index (κ2) is 8.83. The fourth-order valence-corrected chi connectivity index (χ4v) is 2.49. The van der Waals surface area contributed by atoms with Crippen LogP contribution in [0.2, 0.25) is 0 Å². The molecule has 122 valence electrons. The first-order chi connectivity index (χ1) is 11.2. The van der Waals surface area contributed by atoms with Gasteiger partial charge < -0.3 is 14.4 Å². The number of aryl methyl sites for hydroxylation is 1. The van der Waals surface area contributed by atoms with Gasteiger partial charge in [0.2, 0.25) is 6.41 Å². The Morgan fingerprint density at radius 2 is 1.61 bits per heavy atom. The largest absolute Gasteiger partial charge is 0.497 e. The Morgan fingerprint density at radius 1 is 0.957 bits per heavy atom. The third-order valence-electron chi connectivity index (χ3n) is 3.70. The van der Waals surface area contributed by atoms with E-state index in [0.29, 0.717) is 6.54 Å². The lowest BCUT2D eigenvalue weighted by Crippen LogP contribution is -2.23. The van der Waals surface area contributed by atoms with Gasteiger partial charge in [-0.3, -0.25) is 4.79 Å². The first-order valence-electron chi connectivity index (χ1n) is 7.70. The first-order valence-corrected chi connectivity index (χ1v) is 7.70. The number of amides is 1. The molecule has 0 atom stereocenters. The Bertz CT molecular complexity index is 591. The highest BCUT2D eigenvalue weighted by atomic mass is 16.5. The highest BCUT2D eigenvalue weighted by molar-refractivity contribution is 5.48. The third kappa shape index (κ3) is 5.33. The van der Waals surface area contributed by atoms with Gasteiger partial charge in [0.25, 0.3) is 0 Å². The monoisotopic (exact) mass is 313 g/mol. The molecule has 0 aliphatic heterocycles. The van der Waals surface area contributed by atoms with Crippen LogP contribution in [0.5, 0.6) is 11.5 Å². The second-order valence-corrected chi connectivity index (χ2v) is 5.39. The zero-order valence-corrected chi connectivity index (χ0v) is 13.7. The van der Waals surface area contributed by atoms with Gasteiger partial charge in [-0.1, -0.05) is 30.3 Å². The van der Waals surface area contributed by atoms with E-state index in [1.165, 1.54) is 5.56 Å². The number of carbonyl (C=O) groups is 1. The Balaban J connectivity index is 1.92. The number of hydrogen-bond acceptors (Lipinski definition) is 3. The lowest BCUT2D eigenvalue weighted by Gasteiger charge is -2.18. The van der Waals surface area contributed by atoms with Crippen LogP contribution in [0.25, 0.3) is 0 Å². The first kappa shape index (κ1) is 16.9. The molecule has 0 aromatic heterocycles. The Morgan fingerprint density at radius 3 is 2.17 bits per heavy atom. The van der Waals surface area contributed by atoms with Crippen molar-refractivity contribution in [1.82, 2.24) is 4.90 Å². The van der Waals surface area contributed by atoms with Crippen LogP contribution in [0.3, 0.4) is 0 Å². The van der Waals surface area contributed by atoms with Crippen molar-refractivity contribution in [2.45, 2.75) is 19.4 Å². The zero-order chi connectivity index (χ0) is 16.5. The van der Waals surface area contributed by atoms with E-state index in [0.717, 1.165) is 42.9 Å². The van der Waals surface area contributed by atoms with Gasteiger partial charge in [0.15, 0.2) is 0 Å². The van der Waals surface area contributed by atoms with Crippen molar-refractivity contribution in [3.8, 4) is 11.5 Å². The molecular formula is C19H23NO3. The third-order valence-corrected chi connectivity index (χ3v) is 3.70. The quantitative estimate of drug-likeness (QED) is 0.667. The van der Waals surface area contributed by atoms with Crippen molar-refractivity contribution in [2.24, 2.45) is 0 Å². The van der Waals surface area contributed by atoms with Crippen LogP contribution in [-0.2, 0) is 17.8 Å². The van der Waals surface area contributed by atoms with Crippen LogP contribution in [0.4, 0.5) is 0 Å². The molecule has 4 nitrogen and oxygen atoms in total. The molecule has 0 aliphatic carbocycles. The number of methoxy groups -OCH3 is 2. The summed E-state index contributed by atoms with van der Waals surface area (Å²) in [7, 11) is 3.24. The summed E-state index contributed by atoms with van der Waals surface area (Å²) in [6.45, 7) is 1.27. The summed E-state index contributed by atoms with van der Waals surface area (Å²) in [4.78, 5) is 13.1. The maximum Gasteiger partial charge on any atom is 0.210 e. The van der Waals surface area contributed by atoms with Gasteiger partial charge in [-0.05, 0) is 36.1 Å². The molecule has 0 bridgehead atoms. The molecule has 1 amide bonds. The Hall–Kier alpha value is -2.49. The highest BCUT2D eigenvalue weighted by Gasteiger charge is 2.07. The predicted octanol–water partition coefficient (Wildman–Crippen LogP) is 3.30. The number of nitrogens with zero attached hydrogens (tertiary/aromatic N) is 1. The van der Waals surface area contributed by atoms with E-state index in [9.17, 15) is 4.79 Å². The van der Waals surface area contributed by atoms with E-state index >= 15 is 0 Å². The molecular weight excluding hydrogens is 290 g/mol. The van der Waals surface area contributed by atoms with Crippen molar-refractivity contribution < 1.29 is 14.3 Å². The summed E-state index contributed by atoms with van der Waals surface area (Å²) in [5.41, 5.74) is 2.29. The van der Waals surface area contributed by atoms with Gasteiger partial charge in [-0.25, -0.2) is 0 Å². The molecule has 2 aromatic rings. The predicted molar refractivity (Wildman–Crippen MR) is 90.8 cm³/mol. The average Bonchev–Trinajstić information content (AvgIpc) is 2.61. The van der Waals surface area contributed by atoms with Crippen molar-refractivity contribution in [1.29, 1.82) is 0 Å². The number of ether oxygens (including phenoxy) is 2.